The molecule has 0 fully saturated rings. The summed E-state index contributed by atoms with van der Waals surface area (Å²) in [5.41, 5.74) is 0.738. The van der Waals surface area contributed by atoms with E-state index in [0.717, 1.165) is 4.88 Å². The van der Waals surface area contributed by atoms with E-state index in [2.05, 4.69) is 10.0 Å². The smallest absolute Gasteiger partial charge is 0.296 e. The SMILES string of the molecule is NS(=O)(=O)Nc1cccc(NC(=O)C=Cc2cccs2)c1. The van der Waals surface area contributed by atoms with Crippen LogP contribution in [-0.4, -0.2) is 14.3 Å². The van der Waals surface area contributed by atoms with Crippen molar-refractivity contribution in [2.24, 2.45) is 5.14 Å². The molecule has 0 aliphatic carbocycles. The van der Waals surface area contributed by atoms with Gasteiger partial charge < -0.3 is 5.32 Å². The van der Waals surface area contributed by atoms with Crippen molar-refractivity contribution < 1.29 is 13.2 Å². The van der Waals surface area contributed by atoms with Crippen LogP contribution < -0.4 is 15.2 Å². The van der Waals surface area contributed by atoms with Crippen molar-refractivity contribution in [3.05, 3.63) is 52.7 Å². The van der Waals surface area contributed by atoms with E-state index in [0.29, 0.717) is 5.69 Å². The van der Waals surface area contributed by atoms with Crippen molar-refractivity contribution in [3.8, 4) is 0 Å². The average Bonchev–Trinajstić information content (AvgIpc) is 2.87. The van der Waals surface area contributed by atoms with Gasteiger partial charge in [0.1, 0.15) is 0 Å². The molecule has 110 valence electrons. The van der Waals surface area contributed by atoms with Crippen LogP contribution in [0.25, 0.3) is 6.08 Å². The van der Waals surface area contributed by atoms with Gasteiger partial charge in [0.05, 0.1) is 5.69 Å². The van der Waals surface area contributed by atoms with E-state index < -0.39 is 10.2 Å². The first kappa shape index (κ1) is 15.2. The predicted molar refractivity (Wildman–Crippen MR) is 85.2 cm³/mol. The standard InChI is InChI=1S/C13H13N3O3S2/c14-21(18,19)16-11-4-1-3-10(9-11)15-13(17)7-6-12-5-2-8-20-12/h1-9,16H,(H,15,17)(H2,14,18,19). The van der Waals surface area contributed by atoms with Gasteiger partial charge in [-0.25, -0.2) is 5.14 Å². The highest BCUT2D eigenvalue weighted by molar-refractivity contribution is 7.90. The maximum atomic E-state index is 11.7. The topological polar surface area (TPSA) is 101 Å². The van der Waals surface area contributed by atoms with Gasteiger partial charge in [0.2, 0.25) is 5.91 Å². The Balaban J connectivity index is 2.02. The molecule has 8 heteroatoms. The maximum Gasteiger partial charge on any atom is 0.296 e. The molecule has 2 aromatic rings. The largest absolute Gasteiger partial charge is 0.322 e. The molecule has 1 aromatic heterocycles. The van der Waals surface area contributed by atoms with Crippen molar-refractivity contribution >= 4 is 44.9 Å². The second kappa shape index (κ2) is 6.53. The Morgan fingerprint density at radius 2 is 1.95 bits per heavy atom. The number of nitrogens with two attached hydrogens (primary N) is 1. The van der Waals surface area contributed by atoms with Gasteiger partial charge in [-0.1, -0.05) is 12.1 Å². The Bertz CT molecular complexity index is 753. The molecule has 21 heavy (non-hydrogen) atoms. The Morgan fingerprint density at radius 1 is 1.19 bits per heavy atom. The summed E-state index contributed by atoms with van der Waals surface area (Å²) in [5, 5.41) is 9.43. The molecular weight excluding hydrogens is 310 g/mol. The van der Waals surface area contributed by atoms with Crippen LogP contribution in [0.15, 0.2) is 47.9 Å². The molecule has 2 rings (SSSR count). The first-order valence-electron chi connectivity index (χ1n) is 5.85. The number of nitrogens with one attached hydrogen (secondary N) is 2. The third-order valence-corrected chi connectivity index (χ3v) is 3.69. The third-order valence-electron chi connectivity index (χ3n) is 2.33. The van der Waals surface area contributed by atoms with E-state index in [4.69, 9.17) is 5.14 Å². The van der Waals surface area contributed by atoms with Gasteiger partial charge in [-0.3, -0.25) is 9.52 Å². The zero-order chi connectivity index (χ0) is 15.3. The van der Waals surface area contributed by atoms with Crippen molar-refractivity contribution in [2.75, 3.05) is 10.0 Å². The lowest BCUT2D eigenvalue weighted by Crippen LogP contribution is -2.21. The van der Waals surface area contributed by atoms with Crippen LogP contribution in [0, 0.1) is 0 Å². The zero-order valence-corrected chi connectivity index (χ0v) is 12.4. The highest BCUT2D eigenvalue weighted by atomic mass is 32.2. The molecule has 4 N–H and O–H groups in total. The lowest BCUT2D eigenvalue weighted by Gasteiger charge is -2.06. The molecule has 1 aromatic carbocycles. The normalized spacial score (nSPS) is 11.5. The first-order valence-corrected chi connectivity index (χ1v) is 8.28. The molecule has 0 aliphatic rings. The quantitative estimate of drug-likeness (QED) is 0.734. The monoisotopic (exact) mass is 323 g/mol. The number of rotatable bonds is 5. The summed E-state index contributed by atoms with van der Waals surface area (Å²) in [7, 11) is -3.84. The number of amides is 1. The number of thiophene rings is 1. The number of carbonyl (C=O) groups is 1. The molecule has 0 saturated heterocycles. The molecule has 0 atom stereocenters. The minimum absolute atomic E-state index is 0.275. The van der Waals surface area contributed by atoms with Gasteiger partial charge >= 0.3 is 0 Å². The van der Waals surface area contributed by atoms with Crippen LogP contribution in [-0.2, 0) is 15.0 Å². The molecule has 6 nitrogen and oxygen atoms in total. The van der Waals surface area contributed by atoms with Crippen LogP contribution in [0.4, 0.5) is 11.4 Å². The van der Waals surface area contributed by atoms with E-state index in [1.165, 1.54) is 29.5 Å². The molecule has 0 unspecified atom stereocenters. The van der Waals surface area contributed by atoms with Gasteiger partial charge in [0.15, 0.2) is 0 Å². The van der Waals surface area contributed by atoms with Crippen LogP contribution >= 0.6 is 11.3 Å². The molecule has 0 spiro atoms. The van der Waals surface area contributed by atoms with Crippen molar-refractivity contribution in [1.82, 2.24) is 0 Å². The first-order chi connectivity index (χ1) is 9.92. The molecule has 1 amide bonds. The predicted octanol–water partition coefficient (Wildman–Crippen LogP) is 2.02. The fraction of sp³-hybridized carbons (Fsp3) is 0. The van der Waals surface area contributed by atoms with Crippen LogP contribution in [0.5, 0.6) is 0 Å². The second-order valence-corrected chi connectivity index (χ2v) is 6.34. The van der Waals surface area contributed by atoms with Crippen LogP contribution in [0.2, 0.25) is 0 Å². The number of anilines is 2. The highest BCUT2D eigenvalue weighted by Gasteiger charge is 2.04. The van der Waals surface area contributed by atoms with Gasteiger partial charge in [-0.05, 0) is 35.7 Å². The Labute approximate surface area is 126 Å². The average molecular weight is 323 g/mol. The van der Waals surface area contributed by atoms with E-state index in [1.807, 2.05) is 17.5 Å². The number of benzene rings is 1. The van der Waals surface area contributed by atoms with Crippen LogP contribution in [0.3, 0.4) is 0 Å². The van der Waals surface area contributed by atoms with Crippen molar-refractivity contribution in [3.63, 3.8) is 0 Å². The number of hydrogen-bond donors (Lipinski definition) is 3. The second-order valence-electron chi connectivity index (χ2n) is 4.07. The minimum Gasteiger partial charge on any atom is -0.322 e. The molecule has 0 radical (unpaired) electrons. The number of hydrogen-bond acceptors (Lipinski definition) is 4. The highest BCUT2D eigenvalue weighted by Crippen LogP contribution is 2.16. The fourth-order valence-electron chi connectivity index (χ4n) is 1.55. The summed E-state index contributed by atoms with van der Waals surface area (Å²) in [5.74, 6) is -0.309. The Hall–Kier alpha value is -2.16. The molecule has 0 saturated carbocycles. The van der Waals surface area contributed by atoms with Gasteiger partial charge in [0, 0.05) is 16.6 Å². The summed E-state index contributed by atoms with van der Waals surface area (Å²) in [6, 6.07) is 10.0. The summed E-state index contributed by atoms with van der Waals surface area (Å²) < 4.78 is 24.0. The fourth-order valence-corrected chi connectivity index (χ4v) is 2.63. The lowest BCUT2D eigenvalue weighted by molar-refractivity contribution is -0.111. The number of carbonyl (C=O) groups excluding carboxylic acids is 1. The van der Waals surface area contributed by atoms with E-state index >= 15 is 0 Å². The zero-order valence-electron chi connectivity index (χ0n) is 10.8. The maximum absolute atomic E-state index is 11.7. The van der Waals surface area contributed by atoms with Crippen molar-refractivity contribution in [1.29, 1.82) is 0 Å². The molecule has 0 aliphatic heterocycles. The van der Waals surface area contributed by atoms with Gasteiger partial charge in [-0.15, -0.1) is 11.3 Å². The van der Waals surface area contributed by atoms with Crippen molar-refractivity contribution in [2.45, 2.75) is 0 Å². The Morgan fingerprint density at radius 3 is 2.62 bits per heavy atom. The lowest BCUT2D eigenvalue weighted by atomic mass is 10.3. The Kier molecular flexibility index (Phi) is 4.73. The van der Waals surface area contributed by atoms with Gasteiger partial charge in [0.25, 0.3) is 10.2 Å². The van der Waals surface area contributed by atoms with E-state index in [9.17, 15) is 13.2 Å². The summed E-state index contributed by atoms with van der Waals surface area (Å²) >= 11 is 1.52. The van der Waals surface area contributed by atoms with E-state index in [1.54, 1.807) is 18.2 Å². The summed E-state index contributed by atoms with van der Waals surface area (Å²) in [6.45, 7) is 0. The molecule has 0 bridgehead atoms. The molecule has 1 heterocycles. The van der Waals surface area contributed by atoms with Gasteiger partial charge in [-0.2, -0.15) is 8.42 Å². The molecular formula is C13H13N3O3S2. The van der Waals surface area contributed by atoms with E-state index in [-0.39, 0.29) is 11.6 Å². The third kappa shape index (κ3) is 5.38. The summed E-state index contributed by atoms with van der Waals surface area (Å²) in [6.07, 6.45) is 3.11. The van der Waals surface area contributed by atoms with Crippen LogP contribution in [0.1, 0.15) is 4.88 Å². The summed E-state index contributed by atoms with van der Waals surface area (Å²) in [4.78, 5) is 12.7. The minimum atomic E-state index is -3.84.